The Morgan fingerprint density at radius 1 is 1.16 bits per heavy atom. The molecule has 1 unspecified atom stereocenters. The molecule has 1 heterocycles. The van der Waals surface area contributed by atoms with Crippen LogP contribution in [0.2, 0.25) is 0 Å². The summed E-state index contributed by atoms with van der Waals surface area (Å²) in [6, 6.07) is 9.33. The number of aliphatic hydroxyl groups excluding tert-OH is 1. The fourth-order valence-electron chi connectivity index (χ4n) is 2.89. The molecule has 2 heteroatoms. The van der Waals surface area contributed by atoms with Gasteiger partial charge < -0.3 is 5.11 Å². The molecule has 1 saturated heterocycles. The average molecular weight is 261 g/mol. The van der Waals surface area contributed by atoms with Crippen LogP contribution in [-0.2, 0) is 6.54 Å². The van der Waals surface area contributed by atoms with Gasteiger partial charge in [-0.25, -0.2) is 0 Å². The molecule has 0 bridgehead atoms. The highest BCUT2D eigenvalue weighted by molar-refractivity contribution is 5.24. The van der Waals surface area contributed by atoms with Gasteiger partial charge in [0.2, 0.25) is 0 Å². The van der Waals surface area contributed by atoms with E-state index in [-0.39, 0.29) is 0 Å². The number of nitrogens with zero attached hydrogens (tertiary/aromatic N) is 1. The van der Waals surface area contributed by atoms with Gasteiger partial charge in [-0.2, -0.15) is 0 Å². The standard InChI is InChI=1S/C17H27NO/c1-14(2)16-9-7-15(8-10-16)12-18-11-5-3-4-6-17(18)13-19/h7-10,14,17,19H,3-6,11-13H2,1-2H3. The van der Waals surface area contributed by atoms with Gasteiger partial charge in [-0.15, -0.1) is 0 Å². The molecule has 0 aliphatic carbocycles. The molecule has 106 valence electrons. The first-order chi connectivity index (χ1) is 9.20. The van der Waals surface area contributed by atoms with Gasteiger partial charge in [-0.1, -0.05) is 51.0 Å². The monoisotopic (exact) mass is 261 g/mol. The lowest BCUT2D eigenvalue weighted by Crippen LogP contribution is -2.36. The Balaban J connectivity index is 2.01. The van der Waals surface area contributed by atoms with E-state index in [9.17, 15) is 5.11 Å². The van der Waals surface area contributed by atoms with E-state index in [4.69, 9.17) is 0 Å². The summed E-state index contributed by atoms with van der Waals surface area (Å²) in [7, 11) is 0. The van der Waals surface area contributed by atoms with Crippen molar-refractivity contribution < 1.29 is 5.11 Å². The fraction of sp³-hybridized carbons (Fsp3) is 0.647. The zero-order valence-corrected chi connectivity index (χ0v) is 12.3. The maximum atomic E-state index is 9.54. The predicted molar refractivity (Wildman–Crippen MR) is 80.3 cm³/mol. The number of hydrogen-bond donors (Lipinski definition) is 1. The number of likely N-dealkylation sites (tertiary alicyclic amines) is 1. The summed E-state index contributed by atoms with van der Waals surface area (Å²) in [4.78, 5) is 2.46. The molecule has 1 aromatic rings. The van der Waals surface area contributed by atoms with E-state index < -0.39 is 0 Å². The van der Waals surface area contributed by atoms with Gasteiger partial charge >= 0.3 is 0 Å². The van der Waals surface area contributed by atoms with E-state index in [0.717, 1.165) is 19.5 Å². The van der Waals surface area contributed by atoms with Crippen molar-refractivity contribution in [3.63, 3.8) is 0 Å². The van der Waals surface area contributed by atoms with E-state index in [1.165, 1.54) is 30.4 Å². The zero-order chi connectivity index (χ0) is 13.7. The predicted octanol–water partition coefficient (Wildman–Crippen LogP) is 3.55. The van der Waals surface area contributed by atoms with Crippen LogP contribution in [0.5, 0.6) is 0 Å². The minimum absolute atomic E-state index is 0.296. The topological polar surface area (TPSA) is 23.5 Å². The molecule has 1 aliphatic rings. The van der Waals surface area contributed by atoms with E-state index in [2.05, 4.69) is 43.0 Å². The van der Waals surface area contributed by atoms with E-state index in [0.29, 0.717) is 18.6 Å². The van der Waals surface area contributed by atoms with Crippen molar-refractivity contribution in [2.75, 3.05) is 13.2 Å². The van der Waals surface area contributed by atoms with Crippen LogP contribution < -0.4 is 0 Å². The summed E-state index contributed by atoms with van der Waals surface area (Å²) in [5.74, 6) is 0.595. The largest absolute Gasteiger partial charge is 0.395 e. The first kappa shape index (κ1) is 14.5. The second-order valence-corrected chi connectivity index (χ2v) is 6.05. The van der Waals surface area contributed by atoms with E-state index in [1.54, 1.807) is 0 Å². The molecule has 1 atom stereocenters. The number of benzene rings is 1. The fourth-order valence-corrected chi connectivity index (χ4v) is 2.89. The molecule has 0 aromatic heterocycles. The van der Waals surface area contributed by atoms with Crippen molar-refractivity contribution >= 4 is 0 Å². The average Bonchev–Trinajstić information content (AvgIpc) is 2.64. The normalized spacial score (nSPS) is 21.6. The van der Waals surface area contributed by atoms with Crippen LogP contribution in [0.3, 0.4) is 0 Å². The van der Waals surface area contributed by atoms with Gasteiger partial charge in [0, 0.05) is 12.6 Å². The van der Waals surface area contributed by atoms with Gasteiger partial charge in [-0.3, -0.25) is 4.90 Å². The molecular weight excluding hydrogens is 234 g/mol. The van der Waals surface area contributed by atoms with Gasteiger partial charge in [0.1, 0.15) is 0 Å². The molecule has 1 aromatic carbocycles. The second kappa shape index (κ2) is 7.06. The Kier molecular flexibility index (Phi) is 5.41. The third-order valence-electron chi connectivity index (χ3n) is 4.24. The maximum absolute atomic E-state index is 9.54. The molecule has 1 aliphatic heterocycles. The van der Waals surface area contributed by atoms with Gasteiger partial charge in [0.05, 0.1) is 6.61 Å². The highest BCUT2D eigenvalue weighted by atomic mass is 16.3. The number of rotatable bonds is 4. The number of aliphatic hydroxyl groups is 1. The summed E-state index contributed by atoms with van der Waals surface area (Å²) in [6.45, 7) is 6.85. The Labute approximate surface area is 117 Å². The van der Waals surface area contributed by atoms with Crippen molar-refractivity contribution in [2.45, 2.75) is 58.0 Å². The maximum Gasteiger partial charge on any atom is 0.0586 e. The van der Waals surface area contributed by atoms with Crippen LogP contribution in [0.15, 0.2) is 24.3 Å². The summed E-state index contributed by atoms with van der Waals surface area (Å²) >= 11 is 0. The summed E-state index contributed by atoms with van der Waals surface area (Å²) in [6.07, 6.45) is 4.97. The quantitative estimate of drug-likeness (QED) is 0.896. The van der Waals surface area contributed by atoms with Crippen LogP contribution in [0.25, 0.3) is 0 Å². The third kappa shape index (κ3) is 4.05. The summed E-state index contributed by atoms with van der Waals surface area (Å²) < 4.78 is 0. The van der Waals surface area contributed by atoms with Crippen LogP contribution in [0.4, 0.5) is 0 Å². The SMILES string of the molecule is CC(C)c1ccc(CN2CCCCCC2CO)cc1. The Morgan fingerprint density at radius 3 is 2.53 bits per heavy atom. The second-order valence-electron chi connectivity index (χ2n) is 6.05. The Morgan fingerprint density at radius 2 is 1.89 bits per heavy atom. The van der Waals surface area contributed by atoms with Gasteiger partial charge in [0.25, 0.3) is 0 Å². The Bertz CT molecular complexity index is 371. The molecule has 2 rings (SSSR count). The first-order valence-corrected chi connectivity index (χ1v) is 7.64. The highest BCUT2D eigenvalue weighted by Crippen LogP contribution is 2.20. The van der Waals surface area contributed by atoms with Gasteiger partial charge in [-0.05, 0) is 36.4 Å². The Hall–Kier alpha value is -0.860. The smallest absolute Gasteiger partial charge is 0.0586 e. The van der Waals surface area contributed by atoms with Crippen LogP contribution in [0, 0.1) is 0 Å². The van der Waals surface area contributed by atoms with Crippen molar-refractivity contribution in [2.24, 2.45) is 0 Å². The molecule has 19 heavy (non-hydrogen) atoms. The third-order valence-corrected chi connectivity index (χ3v) is 4.24. The zero-order valence-electron chi connectivity index (χ0n) is 12.3. The summed E-state index contributed by atoms with van der Waals surface area (Å²) in [5.41, 5.74) is 2.77. The molecular formula is C17H27NO. The highest BCUT2D eigenvalue weighted by Gasteiger charge is 2.20. The van der Waals surface area contributed by atoms with Gasteiger partial charge in [0.15, 0.2) is 0 Å². The minimum Gasteiger partial charge on any atom is -0.395 e. The molecule has 1 N–H and O–H groups in total. The van der Waals surface area contributed by atoms with E-state index >= 15 is 0 Å². The van der Waals surface area contributed by atoms with Crippen molar-refractivity contribution in [3.05, 3.63) is 35.4 Å². The molecule has 1 fully saturated rings. The first-order valence-electron chi connectivity index (χ1n) is 7.64. The number of hydrogen-bond acceptors (Lipinski definition) is 2. The minimum atomic E-state index is 0.296. The molecule has 0 saturated carbocycles. The molecule has 0 amide bonds. The lowest BCUT2D eigenvalue weighted by atomic mass is 10.0. The molecule has 0 spiro atoms. The lowest BCUT2D eigenvalue weighted by Gasteiger charge is -2.28. The van der Waals surface area contributed by atoms with Crippen LogP contribution >= 0.6 is 0 Å². The van der Waals surface area contributed by atoms with Crippen LogP contribution in [0.1, 0.15) is 56.6 Å². The molecule has 0 radical (unpaired) electrons. The lowest BCUT2D eigenvalue weighted by molar-refractivity contribution is 0.118. The van der Waals surface area contributed by atoms with E-state index in [1.807, 2.05) is 0 Å². The van der Waals surface area contributed by atoms with Crippen molar-refractivity contribution in [1.82, 2.24) is 4.90 Å². The van der Waals surface area contributed by atoms with Crippen molar-refractivity contribution in [1.29, 1.82) is 0 Å². The van der Waals surface area contributed by atoms with Crippen molar-refractivity contribution in [3.8, 4) is 0 Å². The molecule has 2 nitrogen and oxygen atoms in total. The summed E-state index contributed by atoms with van der Waals surface area (Å²) in [5, 5.41) is 9.54. The van der Waals surface area contributed by atoms with Crippen LogP contribution in [-0.4, -0.2) is 29.2 Å².